The van der Waals surface area contributed by atoms with E-state index in [0.717, 1.165) is 5.56 Å². The Morgan fingerprint density at radius 2 is 1.84 bits per heavy atom. The molecule has 0 atom stereocenters. The standard InChI is InChI=1S/C13H18NO4P/c1-11(15)14-13(19(16,17-2)18-3)10-9-12-7-5-4-6-8-12/h4-8,10H,9H2,1-3H3,(H,14,15)/b13-10-. The number of carbonyl (C=O) groups excluding carboxylic acids is 1. The molecule has 0 fully saturated rings. The summed E-state index contributed by atoms with van der Waals surface area (Å²) in [5.41, 5.74) is 1.19. The molecule has 0 heterocycles. The van der Waals surface area contributed by atoms with E-state index in [1.165, 1.54) is 21.1 Å². The molecule has 1 aromatic carbocycles. The summed E-state index contributed by atoms with van der Waals surface area (Å²) >= 11 is 0. The van der Waals surface area contributed by atoms with Gasteiger partial charge >= 0.3 is 7.60 Å². The summed E-state index contributed by atoms with van der Waals surface area (Å²) in [4.78, 5) is 11.2. The Labute approximate surface area is 113 Å². The zero-order valence-electron chi connectivity index (χ0n) is 11.3. The molecule has 1 aromatic rings. The van der Waals surface area contributed by atoms with Gasteiger partial charge in [0.25, 0.3) is 0 Å². The molecule has 1 amide bonds. The number of rotatable bonds is 6. The topological polar surface area (TPSA) is 64.6 Å². The normalized spacial score (nSPS) is 12.3. The maximum Gasteiger partial charge on any atom is 0.376 e. The van der Waals surface area contributed by atoms with Crippen LogP contribution in [0.4, 0.5) is 0 Å². The number of hydrogen-bond acceptors (Lipinski definition) is 4. The van der Waals surface area contributed by atoms with Gasteiger partial charge in [-0.3, -0.25) is 9.36 Å². The molecule has 0 aliphatic heterocycles. The molecule has 1 N–H and O–H groups in total. The van der Waals surface area contributed by atoms with Crippen molar-refractivity contribution < 1.29 is 18.4 Å². The van der Waals surface area contributed by atoms with Gasteiger partial charge in [0.05, 0.1) is 0 Å². The van der Waals surface area contributed by atoms with Crippen molar-refractivity contribution in [3.8, 4) is 0 Å². The summed E-state index contributed by atoms with van der Waals surface area (Å²) in [6, 6.07) is 9.61. The van der Waals surface area contributed by atoms with E-state index in [-0.39, 0.29) is 11.3 Å². The SMILES string of the molecule is COP(=O)(OC)/C(=C\Cc1ccccc1)NC(C)=O. The van der Waals surface area contributed by atoms with Crippen LogP contribution in [0.2, 0.25) is 0 Å². The molecule has 0 unspecified atom stereocenters. The molecular formula is C13H18NO4P. The van der Waals surface area contributed by atoms with Gasteiger partial charge in [-0.1, -0.05) is 30.3 Å². The zero-order chi connectivity index (χ0) is 14.3. The summed E-state index contributed by atoms with van der Waals surface area (Å²) in [5.74, 6) is -0.325. The molecule has 0 saturated carbocycles. The van der Waals surface area contributed by atoms with Crippen LogP contribution in [0.3, 0.4) is 0 Å². The first-order valence-corrected chi connectivity index (χ1v) is 7.30. The molecule has 0 radical (unpaired) electrons. The zero-order valence-corrected chi connectivity index (χ0v) is 12.1. The van der Waals surface area contributed by atoms with Crippen molar-refractivity contribution >= 4 is 13.5 Å². The summed E-state index contributed by atoms with van der Waals surface area (Å²) in [5, 5.41) is 2.50. The second-order valence-corrected chi connectivity index (χ2v) is 6.03. The van der Waals surface area contributed by atoms with Gasteiger partial charge < -0.3 is 14.4 Å². The van der Waals surface area contributed by atoms with Crippen LogP contribution in [0.5, 0.6) is 0 Å². The number of allylic oxidation sites excluding steroid dienone is 1. The Bertz CT molecular complexity index is 491. The van der Waals surface area contributed by atoms with E-state index >= 15 is 0 Å². The quantitative estimate of drug-likeness (QED) is 0.815. The molecule has 0 aliphatic carbocycles. The van der Waals surface area contributed by atoms with E-state index < -0.39 is 7.60 Å². The van der Waals surface area contributed by atoms with Crippen LogP contribution in [0, 0.1) is 0 Å². The Balaban J connectivity index is 2.97. The average molecular weight is 283 g/mol. The minimum Gasteiger partial charge on any atom is -0.320 e. The third-order valence-electron chi connectivity index (χ3n) is 2.45. The Morgan fingerprint density at radius 1 is 1.26 bits per heavy atom. The van der Waals surface area contributed by atoms with Gasteiger partial charge in [0.1, 0.15) is 5.44 Å². The van der Waals surface area contributed by atoms with Gasteiger partial charge in [-0.25, -0.2) is 0 Å². The average Bonchev–Trinajstić information content (AvgIpc) is 2.43. The van der Waals surface area contributed by atoms with Crippen molar-refractivity contribution in [1.82, 2.24) is 5.32 Å². The second kappa shape index (κ2) is 7.24. The van der Waals surface area contributed by atoms with Gasteiger partial charge in [-0.2, -0.15) is 0 Å². The molecular weight excluding hydrogens is 265 g/mol. The van der Waals surface area contributed by atoms with Crippen LogP contribution < -0.4 is 5.32 Å². The van der Waals surface area contributed by atoms with Crippen molar-refractivity contribution in [2.75, 3.05) is 14.2 Å². The predicted octanol–water partition coefficient (Wildman–Crippen LogP) is 2.69. The molecule has 0 aliphatic rings. The van der Waals surface area contributed by atoms with Crippen molar-refractivity contribution in [3.05, 3.63) is 47.4 Å². The predicted molar refractivity (Wildman–Crippen MR) is 73.7 cm³/mol. The lowest BCUT2D eigenvalue weighted by Crippen LogP contribution is -2.20. The molecule has 0 bridgehead atoms. The van der Waals surface area contributed by atoms with E-state index in [0.29, 0.717) is 6.42 Å². The minimum atomic E-state index is -3.45. The summed E-state index contributed by atoms with van der Waals surface area (Å²) in [6.45, 7) is 1.34. The van der Waals surface area contributed by atoms with E-state index in [9.17, 15) is 9.36 Å². The number of benzene rings is 1. The highest BCUT2D eigenvalue weighted by Crippen LogP contribution is 2.53. The van der Waals surface area contributed by atoms with Crippen LogP contribution in [0.25, 0.3) is 0 Å². The Kier molecular flexibility index (Phi) is 5.96. The van der Waals surface area contributed by atoms with E-state index in [2.05, 4.69) is 5.32 Å². The smallest absolute Gasteiger partial charge is 0.320 e. The Hall–Kier alpha value is -1.42. The fraction of sp³-hybridized carbons (Fsp3) is 0.308. The van der Waals surface area contributed by atoms with Crippen LogP contribution in [0.15, 0.2) is 41.8 Å². The lowest BCUT2D eigenvalue weighted by Gasteiger charge is -2.17. The van der Waals surface area contributed by atoms with Gasteiger partial charge in [0, 0.05) is 21.1 Å². The highest BCUT2D eigenvalue weighted by atomic mass is 31.2. The minimum absolute atomic E-state index is 0.161. The molecule has 5 nitrogen and oxygen atoms in total. The second-order valence-electron chi connectivity index (χ2n) is 3.82. The van der Waals surface area contributed by atoms with E-state index in [1.54, 1.807) is 6.08 Å². The van der Waals surface area contributed by atoms with Crippen molar-refractivity contribution in [3.63, 3.8) is 0 Å². The third-order valence-corrected chi connectivity index (χ3v) is 4.30. The van der Waals surface area contributed by atoms with Crippen LogP contribution >= 0.6 is 7.60 Å². The summed E-state index contributed by atoms with van der Waals surface area (Å²) in [7, 11) is -0.893. The number of amides is 1. The molecule has 19 heavy (non-hydrogen) atoms. The van der Waals surface area contributed by atoms with Crippen molar-refractivity contribution in [1.29, 1.82) is 0 Å². The fourth-order valence-corrected chi connectivity index (χ4v) is 2.66. The summed E-state index contributed by atoms with van der Waals surface area (Å²) in [6.07, 6.45) is 2.16. The molecule has 0 spiro atoms. The maximum atomic E-state index is 12.3. The maximum absolute atomic E-state index is 12.3. The molecule has 6 heteroatoms. The largest absolute Gasteiger partial charge is 0.376 e. The van der Waals surface area contributed by atoms with Crippen LogP contribution in [0.1, 0.15) is 12.5 Å². The van der Waals surface area contributed by atoms with Crippen LogP contribution in [-0.4, -0.2) is 20.1 Å². The highest BCUT2D eigenvalue weighted by molar-refractivity contribution is 7.58. The molecule has 0 saturated heterocycles. The van der Waals surface area contributed by atoms with Gasteiger partial charge in [0.15, 0.2) is 0 Å². The first-order chi connectivity index (χ1) is 9.01. The number of hydrogen-bond donors (Lipinski definition) is 1. The van der Waals surface area contributed by atoms with Gasteiger partial charge in [-0.15, -0.1) is 0 Å². The molecule has 1 rings (SSSR count). The van der Waals surface area contributed by atoms with Gasteiger partial charge in [-0.05, 0) is 18.1 Å². The first kappa shape index (κ1) is 15.6. The highest BCUT2D eigenvalue weighted by Gasteiger charge is 2.28. The van der Waals surface area contributed by atoms with Gasteiger partial charge in [0.2, 0.25) is 5.91 Å². The summed E-state index contributed by atoms with van der Waals surface area (Å²) < 4.78 is 22.1. The number of carbonyl (C=O) groups is 1. The third kappa shape index (κ3) is 4.63. The molecule has 0 aromatic heterocycles. The van der Waals surface area contributed by atoms with Crippen molar-refractivity contribution in [2.45, 2.75) is 13.3 Å². The Morgan fingerprint density at radius 3 is 2.32 bits per heavy atom. The lowest BCUT2D eigenvalue weighted by atomic mass is 10.1. The van der Waals surface area contributed by atoms with Crippen molar-refractivity contribution in [2.24, 2.45) is 0 Å². The fourth-order valence-electron chi connectivity index (χ4n) is 1.51. The van der Waals surface area contributed by atoms with E-state index in [4.69, 9.17) is 9.05 Å². The number of nitrogens with one attached hydrogen (secondary N) is 1. The van der Waals surface area contributed by atoms with E-state index in [1.807, 2.05) is 30.3 Å². The van der Waals surface area contributed by atoms with Crippen LogP contribution in [-0.2, 0) is 24.8 Å². The monoisotopic (exact) mass is 283 g/mol. The first-order valence-electron chi connectivity index (χ1n) is 5.75. The lowest BCUT2D eigenvalue weighted by molar-refractivity contribution is -0.118. The molecule has 104 valence electrons.